The van der Waals surface area contributed by atoms with Gasteiger partial charge in [0.15, 0.2) is 0 Å². The molecule has 0 radical (unpaired) electrons. The molecule has 1 fully saturated rings. The van der Waals surface area contributed by atoms with E-state index < -0.39 is 5.60 Å². The molecule has 0 spiro atoms. The zero-order valence-corrected chi connectivity index (χ0v) is 12.0. The first-order valence-corrected chi connectivity index (χ1v) is 7.10. The van der Waals surface area contributed by atoms with E-state index in [0.717, 1.165) is 16.6 Å². The Balaban J connectivity index is 2.07. The molecule has 0 saturated carbocycles. The molecule has 0 bridgehead atoms. The summed E-state index contributed by atoms with van der Waals surface area (Å²) in [6.45, 7) is 4.74. The Morgan fingerprint density at radius 1 is 1.50 bits per heavy atom. The summed E-state index contributed by atoms with van der Waals surface area (Å²) in [7, 11) is 0. The summed E-state index contributed by atoms with van der Waals surface area (Å²) in [5.41, 5.74) is -0.812. The third-order valence-electron chi connectivity index (χ3n) is 2.95. The lowest BCUT2D eigenvalue weighted by Gasteiger charge is -2.41. The van der Waals surface area contributed by atoms with Gasteiger partial charge in [-0.25, -0.2) is 0 Å². The van der Waals surface area contributed by atoms with Crippen LogP contribution in [0.3, 0.4) is 0 Å². The number of aliphatic hydroxyl groups is 1. The van der Waals surface area contributed by atoms with Gasteiger partial charge in [0, 0.05) is 17.7 Å². The molecule has 2 nitrogen and oxygen atoms in total. The molecule has 1 N–H and O–H groups in total. The fraction of sp³-hybridized carbons (Fsp3) is 0.667. The normalized spacial score (nSPS) is 29.2. The van der Waals surface area contributed by atoms with Gasteiger partial charge in [-0.15, -0.1) is 11.3 Å². The molecule has 1 aliphatic rings. The van der Waals surface area contributed by atoms with Crippen LogP contribution in [0.4, 0.5) is 0 Å². The maximum absolute atomic E-state index is 10.6. The van der Waals surface area contributed by atoms with Crippen molar-refractivity contribution in [3.8, 4) is 0 Å². The van der Waals surface area contributed by atoms with Crippen LogP contribution in [-0.4, -0.2) is 22.9 Å². The average Bonchev–Trinajstić information content (AvgIpc) is 2.47. The Morgan fingerprint density at radius 2 is 2.25 bits per heavy atom. The molecule has 90 valence electrons. The maximum atomic E-state index is 10.6. The number of halogens is 1. The summed E-state index contributed by atoms with van der Waals surface area (Å²) in [5, 5.41) is 10.6. The van der Waals surface area contributed by atoms with E-state index in [2.05, 4.69) is 22.0 Å². The van der Waals surface area contributed by atoms with E-state index >= 15 is 0 Å². The number of hydrogen-bond donors (Lipinski definition) is 1. The van der Waals surface area contributed by atoms with Gasteiger partial charge in [0.2, 0.25) is 0 Å². The maximum Gasteiger partial charge on any atom is 0.0744 e. The third-order valence-corrected chi connectivity index (χ3v) is 4.57. The average molecular weight is 305 g/mol. The summed E-state index contributed by atoms with van der Waals surface area (Å²) >= 11 is 5.15. The van der Waals surface area contributed by atoms with Crippen molar-refractivity contribution in [1.82, 2.24) is 0 Å². The topological polar surface area (TPSA) is 29.5 Å². The van der Waals surface area contributed by atoms with E-state index in [0.29, 0.717) is 13.0 Å². The molecule has 1 atom stereocenters. The Bertz CT molecular complexity index is 375. The number of rotatable bonds is 2. The fourth-order valence-corrected chi connectivity index (χ4v) is 3.99. The van der Waals surface area contributed by atoms with Crippen LogP contribution in [0.15, 0.2) is 15.9 Å². The van der Waals surface area contributed by atoms with Crippen LogP contribution in [0.2, 0.25) is 0 Å². The molecule has 1 aromatic heterocycles. The number of thiophene rings is 1. The molecule has 1 aliphatic heterocycles. The van der Waals surface area contributed by atoms with Gasteiger partial charge < -0.3 is 9.84 Å². The molecule has 2 rings (SSSR count). The highest BCUT2D eigenvalue weighted by molar-refractivity contribution is 9.11. The fourth-order valence-electron chi connectivity index (χ4n) is 2.37. The van der Waals surface area contributed by atoms with E-state index in [9.17, 15) is 5.11 Å². The largest absolute Gasteiger partial charge is 0.389 e. The van der Waals surface area contributed by atoms with Crippen LogP contribution < -0.4 is 0 Å². The third kappa shape index (κ3) is 3.06. The van der Waals surface area contributed by atoms with Crippen molar-refractivity contribution in [2.24, 2.45) is 0 Å². The summed E-state index contributed by atoms with van der Waals surface area (Å²) in [4.78, 5) is 1.23. The smallest absolute Gasteiger partial charge is 0.0744 e. The monoisotopic (exact) mass is 304 g/mol. The van der Waals surface area contributed by atoms with Crippen molar-refractivity contribution in [1.29, 1.82) is 0 Å². The Morgan fingerprint density at radius 3 is 2.81 bits per heavy atom. The Hall–Kier alpha value is 0.1000. The van der Waals surface area contributed by atoms with Gasteiger partial charge in [-0.2, -0.15) is 0 Å². The molecule has 4 heteroatoms. The molecule has 0 aliphatic carbocycles. The second kappa shape index (κ2) is 4.41. The summed E-state index contributed by atoms with van der Waals surface area (Å²) in [5.74, 6) is 0. The zero-order valence-electron chi connectivity index (χ0n) is 9.62. The molecule has 16 heavy (non-hydrogen) atoms. The van der Waals surface area contributed by atoms with E-state index in [-0.39, 0.29) is 5.60 Å². The van der Waals surface area contributed by atoms with E-state index in [1.165, 1.54) is 4.88 Å². The molecule has 2 heterocycles. The number of hydrogen-bond acceptors (Lipinski definition) is 3. The van der Waals surface area contributed by atoms with E-state index in [4.69, 9.17) is 4.74 Å². The van der Waals surface area contributed by atoms with Gasteiger partial charge >= 0.3 is 0 Å². The minimum Gasteiger partial charge on any atom is -0.389 e. The van der Waals surface area contributed by atoms with Gasteiger partial charge in [-0.3, -0.25) is 0 Å². The Kier molecular flexibility index (Phi) is 3.46. The van der Waals surface area contributed by atoms with Crippen LogP contribution in [0.1, 0.15) is 31.6 Å². The minimum absolute atomic E-state index is 0.207. The quantitative estimate of drug-likeness (QED) is 0.908. The first-order valence-electron chi connectivity index (χ1n) is 5.49. The number of ether oxygens (including phenoxy) is 1. The molecule has 1 saturated heterocycles. The van der Waals surface area contributed by atoms with E-state index in [1.807, 2.05) is 19.9 Å². The minimum atomic E-state index is -0.605. The van der Waals surface area contributed by atoms with E-state index in [1.54, 1.807) is 11.3 Å². The van der Waals surface area contributed by atoms with Gasteiger partial charge in [-0.05, 0) is 48.3 Å². The van der Waals surface area contributed by atoms with Crippen molar-refractivity contribution < 1.29 is 9.84 Å². The predicted molar refractivity (Wildman–Crippen MR) is 69.9 cm³/mol. The lowest BCUT2D eigenvalue weighted by atomic mass is 9.82. The van der Waals surface area contributed by atoms with Crippen molar-refractivity contribution in [3.05, 3.63) is 20.8 Å². The highest BCUT2D eigenvalue weighted by atomic mass is 79.9. The zero-order chi connectivity index (χ0) is 11.8. The van der Waals surface area contributed by atoms with Crippen LogP contribution >= 0.6 is 27.3 Å². The SMILES string of the molecule is CC1(C)CC(O)(Cc2ccc(Br)s2)CCO1. The van der Waals surface area contributed by atoms with Gasteiger partial charge in [0.1, 0.15) is 0 Å². The second-order valence-electron chi connectivity index (χ2n) is 5.14. The van der Waals surface area contributed by atoms with Crippen molar-refractivity contribution in [2.75, 3.05) is 6.61 Å². The summed E-state index contributed by atoms with van der Waals surface area (Å²) < 4.78 is 6.76. The summed E-state index contributed by atoms with van der Waals surface area (Å²) in [6.07, 6.45) is 2.16. The Labute approximate surface area is 109 Å². The molecule has 0 amide bonds. The van der Waals surface area contributed by atoms with Crippen molar-refractivity contribution in [2.45, 2.75) is 44.3 Å². The van der Waals surface area contributed by atoms with Crippen LogP contribution in [0, 0.1) is 0 Å². The molecular formula is C12H17BrO2S. The molecule has 1 unspecified atom stereocenters. The van der Waals surface area contributed by atoms with Gasteiger partial charge in [0.05, 0.1) is 21.6 Å². The summed E-state index contributed by atoms with van der Waals surface area (Å²) in [6, 6.07) is 4.11. The first-order chi connectivity index (χ1) is 7.39. The van der Waals surface area contributed by atoms with Crippen LogP contribution in [0.5, 0.6) is 0 Å². The lowest BCUT2D eigenvalue weighted by molar-refractivity contribution is -0.143. The lowest BCUT2D eigenvalue weighted by Crippen LogP contribution is -2.47. The van der Waals surface area contributed by atoms with Crippen molar-refractivity contribution in [3.63, 3.8) is 0 Å². The van der Waals surface area contributed by atoms with Crippen molar-refractivity contribution >= 4 is 27.3 Å². The molecule has 1 aromatic rings. The highest BCUT2D eigenvalue weighted by Crippen LogP contribution is 2.36. The van der Waals surface area contributed by atoms with Crippen LogP contribution in [0.25, 0.3) is 0 Å². The van der Waals surface area contributed by atoms with Crippen LogP contribution in [-0.2, 0) is 11.2 Å². The standard InChI is InChI=1S/C12H17BrO2S/c1-11(2)8-12(14,5-6-15-11)7-9-3-4-10(13)16-9/h3-4,14H,5-8H2,1-2H3. The first kappa shape index (κ1) is 12.6. The predicted octanol–water partition coefficient (Wildman–Crippen LogP) is 3.37. The molecule has 0 aromatic carbocycles. The van der Waals surface area contributed by atoms with Gasteiger partial charge in [-0.1, -0.05) is 0 Å². The second-order valence-corrected chi connectivity index (χ2v) is 7.69. The highest BCUT2D eigenvalue weighted by Gasteiger charge is 2.39. The van der Waals surface area contributed by atoms with Gasteiger partial charge in [0.25, 0.3) is 0 Å². The molecular weight excluding hydrogens is 288 g/mol.